The quantitative estimate of drug-likeness (QED) is 0.190. The minimum atomic E-state index is -2.37. The minimum absolute atomic E-state index is 0.133. The lowest BCUT2D eigenvalue weighted by Crippen LogP contribution is -2.12. The first kappa shape index (κ1) is 36.0. The number of carbonyl (C=O) groups is 1. The molecule has 0 atom stereocenters. The molecule has 17 nitrogen and oxygen atoms in total. The van der Waals surface area contributed by atoms with E-state index in [1.165, 1.54) is 59.4 Å². The number of carbonyl (C=O) groups excluding carboxylic acids is 1. The summed E-state index contributed by atoms with van der Waals surface area (Å²) < 4.78 is 42.4. The number of H-pyrrole nitrogens is 1. The number of pyridine rings is 4. The van der Waals surface area contributed by atoms with E-state index in [0.29, 0.717) is 39.4 Å². The summed E-state index contributed by atoms with van der Waals surface area (Å²) in [6.07, 6.45) is 8.46. The lowest BCUT2D eigenvalue weighted by Gasteiger charge is -2.05. The Morgan fingerprint density at radius 2 is 1.29 bits per heavy atom. The molecule has 21 heteroatoms. The number of aromatic nitrogens is 10. The number of aromatic amines is 1. The number of hydrogen-bond acceptors (Lipinski definition) is 14. The average Bonchev–Trinajstić information content (AvgIpc) is 3.89. The van der Waals surface area contributed by atoms with Gasteiger partial charge in [-0.1, -0.05) is 46.4 Å². The maximum atomic E-state index is 10.8. The number of ether oxygens (including phenoxy) is 4. The van der Waals surface area contributed by atoms with E-state index < -0.39 is 12.9 Å². The third-order valence-corrected chi connectivity index (χ3v) is 7.13. The summed E-state index contributed by atoms with van der Waals surface area (Å²) in [5, 5.41) is 19.7. The van der Waals surface area contributed by atoms with Crippen LogP contribution in [-0.2, 0) is 6.98 Å². The molecule has 6 rings (SSSR count). The highest BCUT2D eigenvalue weighted by atomic mass is 35.5. The maximum absolute atomic E-state index is 10.8. The smallest absolute Gasteiger partial charge is 0.252 e. The number of rotatable bonds is 7. The maximum Gasteiger partial charge on any atom is 0.252 e. The zero-order valence-electron chi connectivity index (χ0n) is 30.4. The molecule has 0 aliphatic rings. The normalized spacial score (nSPS) is 10.9. The molecule has 1 amide bonds. The van der Waals surface area contributed by atoms with Gasteiger partial charge in [0.2, 0.25) is 0 Å². The van der Waals surface area contributed by atoms with Gasteiger partial charge in [0.15, 0.2) is 55.3 Å². The number of halogens is 4. The molecule has 0 bridgehead atoms. The fraction of sp³-hybridized carbons (Fsp3) is 0.161. The minimum Gasteiger partial charge on any atom is -0.493 e. The second-order valence-corrected chi connectivity index (χ2v) is 10.5. The molecular formula is C31H28Cl4N12O5. The fourth-order valence-corrected chi connectivity index (χ4v) is 4.77. The summed E-state index contributed by atoms with van der Waals surface area (Å²) in [7, 11) is 5.81. The molecule has 6 aromatic heterocycles. The van der Waals surface area contributed by atoms with Crippen LogP contribution in [-0.4, -0.2) is 84.2 Å². The molecule has 0 unspecified atom stereocenters. The lowest BCUT2D eigenvalue weighted by molar-refractivity contribution is 0.0997. The summed E-state index contributed by atoms with van der Waals surface area (Å²) >= 11 is 23.0. The van der Waals surface area contributed by atoms with E-state index in [4.69, 9.17) is 80.5 Å². The zero-order valence-corrected chi connectivity index (χ0v) is 30.4. The van der Waals surface area contributed by atoms with Gasteiger partial charge in [0, 0.05) is 35.9 Å². The number of nitriles is 1. The molecule has 52 heavy (non-hydrogen) atoms. The van der Waals surface area contributed by atoms with Gasteiger partial charge in [-0.05, 0) is 24.3 Å². The predicted octanol–water partition coefficient (Wildman–Crippen LogP) is 5.53. The first-order valence-electron chi connectivity index (χ1n) is 15.4. The van der Waals surface area contributed by atoms with Crippen LogP contribution in [0.5, 0.6) is 23.0 Å². The highest BCUT2D eigenvalue weighted by molar-refractivity contribution is 6.32. The number of nitrogens with zero attached hydrogens (tertiary/aromatic N) is 10. The van der Waals surface area contributed by atoms with Crippen LogP contribution in [0.25, 0.3) is 22.8 Å². The van der Waals surface area contributed by atoms with E-state index in [1.54, 1.807) is 24.4 Å². The first-order valence-corrected chi connectivity index (χ1v) is 15.4. The van der Waals surface area contributed by atoms with Crippen LogP contribution in [0.3, 0.4) is 0 Å². The van der Waals surface area contributed by atoms with Gasteiger partial charge in [-0.25, -0.2) is 29.9 Å². The highest BCUT2D eigenvalue weighted by Crippen LogP contribution is 2.33. The monoisotopic (exact) mass is 791 g/mol. The molecule has 0 saturated heterocycles. The topological polar surface area (TPSA) is 228 Å². The second kappa shape index (κ2) is 20.1. The zero-order chi connectivity index (χ0) is 40.7. The molecule has 0 radical (unpaired) electrons. The molecule has 3 N–H and O–H groups in total. The van der Waals surface area contributed by atoms with E-state index in [9.17, 15) is 4.79 Å². The number of nitrogens with one attached hydrogen (secondary N) is 1. The number of hydrogen-bond donors (Lipinski definition) is 2. The molecular weight excluding hydrogens is 762 g/mol. The number of primary amides is 1. The molecule has 270 valence electrons. The van der Waals surface area contributed by atoms with Crippen LogP contribution in [0.2, 0.25) is 20.6 Å². The Bertz CT molecular complexity index is 2240. The lowest BCUT2D eigenvalue weighted by atomic mass is 10.2. The molecule has 0 aromatic carbocycles. The molecule has 0 saturated carbocycles. The average molecular weight is 793 g/mol. The molecule has 6 aromatic rings. The van der Waals surface area contributed by atoms with Crippen molar-refractivity contribution in [3.8, 4) is 51.8 Å². The first-order chi connectivity index (χ1) is 26.2. The van der Waals surface area contributed by atoms with E-state index in [0.717, 1.165) is 16.6 Å². The van der Waals surface area contributed by atoms with Gasteiger partial charge in [0.05, 0.1) is 50.7 Å². The Hall–Kier alpha value is -5.80. The van der Waals surface area contributed by atoms with Gasteiger partial charge in [-0.2, -0.15) is 15.5 Å². The van der Waals surface area contributed by atoms with Crippen molar-refractivity contribution < 1.29 is 27.9 Å². The van der Waals surface area contributed by atoms with Crippen molar-refractivity contribution in [3.63, 3.8) is 0 Å². The number of aryl methyl sites for hydroxylation is 1. The van der Waals surface area contributed by atoms with Crippen molar-refractivity contribution in [1.29, 1.82) is 5.26 Å². The van der Waals surface area contributed by atoms with Gasteiger partial charge in [-0.3, -0.25) is 14.6 Å². The van der Waals surface area contributed by atoms with Crippen molar-refractivity contribution in [2.75, 3.05) is 28.4 Å². The Morgan fingerprint density at radius 1 is 0.769 bits per heavy atom. The van der Waals surface area contributed by atoms with Crippen molar-refractivity contribution in [2.24, 2.45) is 12.7 Å². The van der Waals surface area contributed by atoms with Gasteiger partial charge in [0.1, 0.15) is 18.7 Å². The number of methoxy groups -OCH3 is 4. The molecule has 0 aliphatic heterocycles. The summed E-state index contributed by atoms with van der Waals surface area (Å²) in [4.78, 5) is 34.0. The van der Waals surface area contributed by atoms with Crippen molar-refractivity contribution in [1.82, 2.24) is 49.9 Å². The largest absolute Gasteiger partial charge is 0.493 e. The highest BCUT2D eigenvalue weighted by Gasteiger charge is 2.15. The third kappa shape index (κ3) is 10.6. The van der Waals surface area contributed by atoms with Crippen LogP contribution in [0.15, 0.2) is 61.7 Å². The summed E-state index contributed by atoms with van der Waals surface area (Å²) in [6, 6.07) is 8.29. The Morgan fingerprint density at radius 3 is 1.75 bits per heavy atom. The van der Waals surface area contributed by atoms with Crippen molar-refractivity contribution in [3.05, 3.63) is 93.4 Å². The molecule has 6 heterocycles. The number of nitrogens with two attached hydrogens (primary N) is 1. The Labute approximate surface area is 320 Å². The number of amides is 1. The summed E-state index contributed by atoms with van der Waals surface area (Å²) in [5.41, 5.74) is 6.91. The summed E-state index contributed by atoms with van der Waals surface area (Å²) in [5.74, 6) is 1.58. The summed E-state index contributed by atoms with van der Waals surface area (Å²) in [6.45, 7) is -2.37. The van der Waals surface area contributed by atoms with Crippen LogP contribution in [0.4, 0.5) is 0 Å². The van der Waals surface area contributed by atoms with Crippen LogP contribution >= 0.6 is 46.4 Å². The van der Waals surface area contributed by atoms with Crippen LogP contribution in [0.1, 0.15) is 20.0 Å². The Balaban J connectivity index is 0.000000201. The standard InChI is InChI=1S/C9H9ClN4O.C8H7ClN4O.C7H7ClN2O2.C7H5ClN2O/c1-14-5-12-9(13-14)6-3-4-11-8(10)7(6)15-2;1-14-6-5(2-3-10-7(6)9)8-11-4-12-13-8;1-12-5-4(7(9)11)2-3-10-6(5)8;1-11-6-5(4-9)2-3-10-7(6)8/h3-5H,1-2H3;2-4H,1H3,(H,11,12,13);2-3H,1H3,(H2,9,11);2-3H,1H3/i1D3;;;. The fourth-order valence-electron chi connectivity index (χ4n) is 3.83. The SMILES string of the molecule is COc1c(-c2ncn[nH]2)ccnc1Cl.COc1c(C#N)ccnc1Cl.COc1c(C(N)=O)ccnc1Cl.[2H]C([2H])([2H])n1cnc(-c2ccnc(Cl)c2OC)n1. The van der Waals surface area contributed by atoms with E-state index in [1.807, 2.05) is 6.07 Å². The predicted molar refractivity (Wildman–Crippen MR) is 192 cm³/mol. The van der Waals surface area contributed by atoms with E-state index in [2.05, 4.69) is 45.2 Å². The van der Waals surface area contributed by atoms with Crippen molar-refractivity contribution in [2.45, 2.75) is 0 Å². The Kier molecular flexibility index (Phi) is 14.0. The van der Waals surface area contributed by atoms with Gasteiger partial charge < -0.3 is 24.7 Å². The molecule has 0 fully saturated rings. The van der Waals surface area contributed by atoms with E-state index in [-0.39, 0.29) is 32.6 Å². The molecule has 0 spiro atoms. The molecule has 0 aliphatic carbocycles. The van der Waals surface area contributed by atoms with E-state index >= 15 is 0 Å². The third-order valence-electron chi connectivity index (χ3n) is 6.05. The van der Waals surface area contributed by atoms with Crippen LogP contribution in [0, 0.1) is 11.3 Å². The van der Waals surface area contributed by atoms with Gasteiger partial charge in [0.25, 0.3) is 5.91 Å². The van der Waals surface area contributed by atoms with Crippen LogP contribution < -0.4 is 24.7 Å². The van der Waals surface area contributed by atoms with Crippen molar-refractivity contribution >= 4 is 52.3 Å². The second-order valence-electron chi connectivity index (χ2n) is 9.05. The van der Waals surface area contributed by atoms with Gasteiger partial charge >= 0.3 is 0 Å². The van der Waals surface area contributed by atoms with Gasteiger partial charge in [-0.15, -0.1) is 0 Å².